The number of azide groups is 1. The van der Waals surface area contributed by atoms with Gasteiger partial charge in [0.05, 0.1) is 12.6 Å². The van der Waals surface area contributed by atoms with E-state index in [1.807, 2.05) is 0 Å². The maximum atomic E-state index is 9.45. The van der Waals surface area contributed by atoms with Crippen molar-refractivity contribution in [2.24, 2.45) is 11.0 Å². The summed E-state index contributed by atoms with van der Waals surface area (Å²) in [6, 6.07) is 0. The second kappa shape index (κ2) is 6.68. The summed E-state index contributed by atoms with van der Waals surface area (Å²) < 4.78 is 0. The molecule has 1 atom stereocenters. The molecule has 1 aliphatic carbocycles. The van der Waals surface area contributed by atoms with Crippen LogP contribution in [0.5, 0.6) is 0 Å². The molecular formula is C10H19N3O. The van der Waals surface area contributed by atoms with Crippen LogP contribution in [0.2, 0.25) is 0 Å². The number of aliphatic hydroxyl groups excluding tert-OH is 1. The van der Waals surface area contributed by atoms with Crippen molar-refractivity contribution in [2.75, 3.05) is 6.54 Å². The second-order valence-corrected chi connectivity index (χ2v) is 4.15. The van der Waals surface area contributed by atoms with E-state index < -0.39 is 6.10 Å². The van der Waals surface area contributed by atoms with Gasteiger partial charge in [-0.25, -0.2) is 0 Å². The first-order chi connectivity index (χ1) is 6.83. The summed E-state index contributed by atoms with van der Waals surface area (Å²) in [7, 11) is 0. The Morgan fingerprint density at radius 2 is 2.07 bits per heavy atom. The molecule has 1 saturated carbocycles. The Hall–Kier alpha value is -0.730. The average molecular weight is 197 g/mol. The summed E-state index contributed by atoms with van der Waals surface area (Å²) in [6.07, 6.45) is 8.12. The van der Waals surface area contributed by atoms with Crippen LogP contribution in [0.25, 0.3) is 10.4 Å². The highest BCUT2D eigenvalue weighted by molar-refractivity contribution is 4.68. The summed E-state index contributed by atoms with van der Waals surface area (Å²) in [6.45, 7) is 0.225. The summed E-state index contributed by atoms with van der Waals surface area (Å²) in [5.41, 5.74) is 8.08. The Balaban J connectivity index is 2.08. The molecule has 1 N–H and O–H groups in total. The minimum Gasteiger partial charge on any atom is -0.393 e. The molecule has 0 radical (unpaired) electrons. The third-order valence-corrected chi connectivity index (χ3v) is 2.99. The molecule has 4 nitrogen and oxygen atoms in total. The van der Waals surface area contributed by atoms with Gasteiger partial charge in [0.15, 0.2) is 0 Å². The third-order valence-electron chi connectivity index (χ3n) is 2.99. The number of rotatable bonds is 5. The van der Waals surface area contributed by atoms with Crippen molar-refractivity contribution in [3.8, 4) is 0 Å². The van der Waals surface area contributed by atoms with Crippen LogP contribution in [0, 0.1) is 5.92 Å². The predicted molar refractivity (Wildman–Crippen MR) is 55.8 cm³/mol. The fourth-order valence-corrected chi connectivity index (χ4v) is 2.13. The van der Waals surface area contributed by atoms with E-state index in [0.29, 0.717) is 0 Å². The Bertz CT molecular complexity index is 196. The lowest BCUT2D eigenvalue weighted by Gasteiger charge is -2.22. The van der Waals surface area contributed by atoms with Crippen molar-refractivity contribution in [1.82, 2.24) is 0 Å². The maximum Gasteiger partial charge on any atom is 0.0596 e. The van der Waals surface area contributed by atoms with Gasteiger partial charge < -0.3 is 5.11 Å². The average Bonchev–Trinajstić information content (AvgIpc) is 2.25. The van der Waals surface area contributed by atoms with E-state index in [1.165, 1.54) is 32.1 Å². The first-order valence-electron chi connectivity index (χ1n) is 5.52. The normalized spacial score (nSPS) is 20.1. The highest BCUT2D eigenvalue weighted by atomic mass is 16.3. The zero-order valence-corrected chi connectivity index (χ0v) is 8.60. The number of nitrogens with zero attached hydrogens (tertiary/aromatic N) is 3. The van der Waals surface area contributed by atoms with Gasteiger partial charge in [0, 0.05) is 4.91 Å². The molecule has 4 heteroatoms. The van der Waals surface area contributed by atoms with E-state index >= 15 is 0 Å². The van der Waals surface area contributed by atoms with Crippen molar-refractivity contribution in [1.29, 1.82) is 0 Å². The minimum absolute atomic E-state index is 0.225. The largest absolute Gasteiger partial charge is 0.393 e. The van der Waals surface area contributed by atoms with Crippen LogP contribution in [0.4, 0.5) is 0 Å². The van der Waals surface area contributed by atoms with Crippen molar-refractivity contribution in [3.05, 3.63) is 10.4 Å². The SMILES string of the molecule is [N-]=[N+]=NCC(O)CCC1CCCCC1. The van der Waals surface area contributed by atoms with Crippen LogP contribution in [-0.4, -0.2) is 17.8 Å². The van der Waals surface area contributed by atoms with Crippen molar-refractivity contribution < 1.29 is 5.11 Å². The molecular weight excluding hydrogens is 178 g/mol. The van der Waals surface area contributed by atoms with Crippen molar-refractivity contribution >= 4 is 0 Å². The number of hydrogen-bond donors (Lipinski definition) is 1. The fraction of sp³-hybridized carbons (Fsp3) is 1.00. The van der Waals surface area contributed by atoms with Gasteiger partial charge in [-0.3, -0.25) is 0 Å². The molecule has 0 saturated heterocycles. The molecule has 1 rings (SSSR count). The molecule has 1 aliphatic rings. The standard InChI is InChI=1S/C10H19N3O/c11-13-12-8-10(14)7-6-9-4-2-1-3-5-9/h9-10,14H,1-8H2. The van der Waals surface area contributed by atoms with Gasteiger partial charge in [-0.15, -0.1) is 0 Å². The molecule has 0 spiro atoms. The van der Waals surface area contributed by atoms with E-state index in [1.54, 1.807) is 0 Å². The van der Waals surface area contributed by atoms with Crippen molar-refractivity contribution in [2.45, 2.75) is 51.0 Å². The van der Waals surface area contributed by atoms with E-state index in [2.05, 4.69) is 10.0 Å². The van der Waals surface area contributed by atoms with Gasteiger partial charge in [0.2, 0.25) is 0 Å². The van der Waals surface area contributed by atoms with Crippen molar-refractivity contribution in [3.63, 3.8) is 0 Å². The molecule has 0 bridgehead atoms. The maximum absolute atomic E-state index is 9.45. The molecule has 0 aromatic heterocycles. The summed E-state index contributed by atoms with van der Waals surface area (Å²) in [5, 5.41) is 12.8. The van der Waals surface area contributed by atoms with Gasteiger partial charge in [-0.1, -0.05) is 37.2 Å². The molecule has 1 fully saturated rings. The molecule has 0 aromatic carbocycles. The highest BCUT2D eigenvalue weighted by Crippen LogP contribution is 2.27. The first kappa shape index (κ1) is 11.3. The van der Waals surface area contributed by atoms with Crippen LogP contribution in [0.3, 0.4) is 0 Å². The quantitative estimate of drug-likeness (QED) is 0.411. The van der Waals surface area contributed by atoms with Crippen LogP contribution in [0.1, 0.15) is 44.9 Å². The monoisotopic (exact) mass is 197 g/mol. The predicted octanol–water partition coefficient (Wildman–Crippen LogP) is 3.02. The molecule has 0 aromatic rings. The van der Waals surface area contributed by atoms with E-state index in [0.717, 1.165) is 18.8 Å². The highest BCUT2D eigenvalue weighted by Gasteiger charge is 2.14. The minimum atomic E-state index is -0.437. The van der Waals surface area contributed by atoms with Gasteiger partial charge in [-0.2, -0.15) is 0 Å². The van der Waals surface area contributed by atoms with E-state index in [-0.39, 0.29) is 6.54 Å². The summed E-state index contributed by atoms with van der Waals surface area (Å²) in [5.74, 6) is 0.796. The smallest absolute Gasteiger partial charge is 0.0596 e. The molecule has 0 aliphatic heterocycles. The topological polar surface area (TPSA) is 69.0 Å². The summed E-state index contributed by atoms with van der Waals surface area (Å²) in [4.78, 5) is 2.64. The fourth-order valence-electron chi connectivity index (χ4n) is 2.13. The Morgan fingerprint density at radius 3 is 2.71 bits per heavy atom. The second-order valence-electron chi connectivity index (χ2n) is 4.15. The third kappa shape index (κ3) is 4.49. The van der Waals surface area contributed by atoms with Crippen LogP contribution in [-0.2, 0) is 0 Å². The Labute approximate surface area is 84.9 Å². The van der Waals surface area contributed by atoms with Gasteiger partial charge in [0.1, 0.15) is 0 Å². The lowest BCUT2D eigenvalue weighted by Crippen LogP contribution is -2.14. The lowest BCUT2D eigenvalue weighted by atomic mass is 9.85. The van der Waals surface area contributed by atoms with Crippen LogP contribution < -0.4 is 0 Å². The van der Waals surface area contributed by atoms with Gasteiger partial charge in [-0.05, 0) is 24.3 Å². The Kier molecular flexibility index (Phi) is 5.42. The Morgan fingerprint density at radius 1 is 1.36 bits per heavy atom. The molecule has 80 valence electrons. The molecule has 0 heterocycles. The van der Waals surface area contributed by atoms with Gasteiger partial charge in [0.25, 0.3) is 0 Å². The lowest BCUT2D eigenvalue weighted by molar-refractivity contribution is 0.157. The molecule has 1 unspecified atom stereocenters. The van der Waals surface area contributed by atoms with Crippen LogP contribution in [0.15, 0.2) is 5.11 Å². The molecule has 14 heavy (non-hydrogen) atoms. The number of aliphatic hydroxyl groups is 1. The number of hydrogen-bond acceptors (Lipinski definition) is 2. The first-order valence-corrected chi connectivity index (χ1v) is 5.52. The van der Waals surface area contributed by atoms with Crippen LogP contribution >= 0.6 is 0 Å². The van der Waals surface area contributed by atoms with E-state index in [4.69, 9.17) is 5.53 Å². The van der Waals surface area contributed by atoms with Gasteiger partial charge >= 0.3 is 0 Å². The molecule has 0 amide bonds. The summed E-state index contributed by atoms with van der Waals surface area (Å²) >= 11 is 0. The zero-order chi connectivity index (χ0) is 10.2. The van der Waals surface area contributed by atoms with E-state index in [9.17, 15) is 5.11 Å². The zero-order valence-electron chi connectivity index (χ0n) is 8.60.